The van der Waals surface area contributed by atoms with Crippen LogP contribution in [0.3, 0.4) is 0 Å². The third kappa shape index (κ3) is 4.20. The van der Waals surface area contributed by atoms with Crippen LogP contribution in [0.1, 0.15) is 28.2 Å². The van der Waals surface area contributed by atoms with Crippen LogP contribution in [0.15, 0.2) is 17.5 Å². The van der Waals surface area contributed by atoms with Gasteiger partial charge in [-0.15, -0.1) is 47.5 Å². The van der Waals surface area contributed by atoms with Crippen molar-refractivity contribution in [2.24, 2.45) is 11.7 Å². The second-order valence-electron chi connectivity index (χ2n) is 5.06. The summed E-state index contributed by atoms with van der Waals surface area (Å²) in [7, 11) is 0. The fourth-order valence-corrected chi connectivity index (χ4v) is 3.98. The van der Waals surface area contributed by atoms with Crippen molar-refractivity contribution in [2.45, 2.75) is 25.8 Å². The molecule has 0 bridgehead atoms. The zero-order valence-corrected chi connectivity index (χ0v) is 15.3. The van der Waals surface area contributed by atoms with Crippen molar-refractivity contribution in [1.82, 2.24) is 10.3 Å². The number of carbonyl (C=O) groups excluding carboxylic acids is 1. The van der Waals surface area contributed by atoms with E-state index < -0.39 is 0 Å². The molecule has 1 amide bonds. The molecule has 3 rings (SSSR count). The molecule has 1 aliphatic carbocycles. The fraction of sp³-hybridized carbons (Fsp3) is 0.429. The molecular formula is C14H19Cl2N3OS2. The smallest absolute Gasteiger partial charge is 0.263 e. The van der Waals surface area contributed by atoms with Crippen LogP contribution in [-0.4, -0.2) is 23.5 Å². The predicted octanol–water partition coefficient (Wildman–Crippen LogP) is 3.49. The zero-order chi connectivity index (χ0) is 14.1. The summed E-state index contributed by atoms with van der Waals surface area (Å²) in [6.07, 6.45) is 2.34. The van der Waals surface area contributed by atoms with Crippen molar-refractivity contribution in [1.29, 1.82) is 0 Å². The Balaban J connectivity index is 0.00000121. The number of thiazole rings is 1. The summed E-state index contributed by atoms with van der Waals surface area (Å²) in [6.45, 7) is 2.39. The van der Waals surface area contributed by atoms with E-state index in [1.165, 1.54) is 24.2 Å². The number of hydrogen-bond donors (Lipinski definition) is 2. The van der Waals surface area contributed by atoms with Crippen molar-refractivity contribution in [3.05, 3.63) is 28.1 Å². The predicted molar refractivity (Wildman–Crippen MR) is 97.7 cm³/mol. The SMILES string of the molecule is Cc1nc(-c2cccs2)sc1C(=O)NC(CN)C1CC1.Cl.Cl. The van der Waals surface area contributed by atoms with Gasteiger partial charge < -0.3 is 11.1 Å². The van der Waals surface area contributed by atoms with Crippen LogP contribution in [-0.2, 0) is 0 Å². The second kappa shape index (κ2) is 8.26. The first-order chi connectivity index (χ1) is 9.69. The molecule has 1 unspecified atom stereocenters. The Morgan fingerprint density at radius 3 is 2.77 bits per heavy atom. The van der Waals surface area contributed by atoms with Crippen LogP contribution in [0.2, 0.25) is 0 Å². The highest BCUT2D eigenvalue weighted by atomic mass is 35.5. The van der Waals surface area contributed by atoms with E-state index in [2.05, 4.69) is 10.3 Å². The third-order valence-corrected chi connectivity index (χ3v) is 5.69. The summed E-state index contributed by atoms with van der Waals surface area (Å²) in [5, 5.41) is 5.99. The largest absolute Gasteiger partial charge is 0.347 e. The number of rotatable bonds is 5. The standard InChI is InChI=1S/C14H17N3OS2.2ClH/c1-8-12(13(18)17-10(7-15)9-4-5-9)20-14(16-8)11-3-2-6-19-11;;/h2-3,6,9-10H,4-5,7,15H2,1H3,(H,17,18);2*1H. The molecule has 1 atom stereocenters. The van der Waals surface area contributed by atoms with Crippen LogP contribution in [0.25, 0.3) is 9.88 Å². The molecule has 8 heteroatoms. The van der Waals surface area contributed by atoms with Gasteiger partial charge in [0.05, 0.1) is 10.6 Å². The molecule has 0 radical (unpaired) electrons. The molecule has 22 heavy (non-hydrogen) atoms. The minimum Gasteiger partial charge on any atom is -0.347 e. The average Bonchev–Trinajstić information content (AvgIpc) is 2.99. The Bertz CT molecular complexity index is 612. The van der Waals surface area contributed by atoms with Gasteiger partial charge in [0, 0.05) is 12.6 Å². The molecule has 2 aromatic heterocycles. The van der Waals surface area contributed by atoms with Crippen LogP contribution in [0, 0.1) is 12.8 Å². The lowest BCUT2D eigenvalue weighted by Gasteiger charge is -2.15. The van der Waals surface area contributed by atoms with Gasteiger partial charge in [-0.3, -0.25) is 4.79 Å². The molecule has 2 heterocycles. The van der Waals surface area contributed by atoms with Crippen LogP contribution < -0.4 is 11.1 Å². The van der Waals surface area contributed by atoms with Crippen LogP contribution >= 0.6 is 47.5 Å². The minimum atomic E-state index is -0.0369. The topological polar surface area (TPSA) is 68.0 Å². The van der Waals surface area contributed by atoms with Gasteiger partial charge in [0.2, 0.25) is 0 Å². The number of carbonyl (C=O) groups is 1. The second-order valence-corrected chi connectivity index (χ2v) is 7.01. The molecule has 1 aliphatic rings. The van der Waals surface area contributed by atoms with E-state index in [1.54, 1.807) is 11.3 Å². The Labute approximate surface area is 150 Å². The Kier molecular flexibility index (Phi) is 7.28. The molecular weight excluding hydrogens is 361 g/mol. The van der Waals surface area contributed by atoms with Crippen molar-refractivity contribution in [2.75, 3.05) is 6.54 Å². The molecule has 0 aromatic carbocycles. The first-order valence-corrected chi connectivity index (χ1v) is 8.41. The van der Waals surface area contributed by atoms with E-state index in [-0.39, 0.29) is 36.8 Å². The maximum atomic E-state index is 12.4. The summed E-state index contributed by atoms with van der Waals surface area (Å²) in [4.78, 5) is 18.7. The van der Waals surface area contributed by atoms with Crippen molar-refractivity contribution >= 4 is 53.4 Å². The van der Waals surface area contributed by atoms with E-state index in [9.17, 15) is 4.79 Å². The van der Waals surface area contributed by atoms with Gasteiger partial charge in [-0.25, -0.2) is 4.98 Å². The van der Waals surface area contributed by atoms with E-state index in [1.807, 2.05) is 24.4 Å². The summed E-state index contributed by atoms with van der Waals surface area (Å²) in [5.74, 6) is 0.527. The first kappa shape index (κ1) is 19.4. The molecule has 0 spiro atoms. The maximum absolute atomic E-state index is 12.4. The Hall–Kier alpha value is -0.660. The quantitative estimate of drug-likeness (QED) is 0.834. The summed E-state index contributed by atoms with van der Waals surface area (Å²) < 4.78 is 0. The molecule has 4 nitrogen and oxygen atoms in total. The van der Waals surface area contributed by atoms with E-state index in [0.29, 0.717) is 17.3 Å². The van der Waals surface area contributed by atoms with Crippen molar-refractivity contribution in [3.63, 3.8) is 0 Å². The number of nitrogens with two attached hydrogens (primary N) is 1. The van der Waals surface area contributed by atoms with Gasteiger partial charge in [0.15, 0.2) is 0 Å². The van der Waals surface area contributed by atoms with Gasteiger partial charge in [0.25, 0.3) is 5.91 Å². The third-order valence-electron chi connectivity index (χ3n) is 3.50. The van der Waals surface area contributed by atoms with E-state index in [0.717, 1.165) is 15.6 Å². The Morgan fingerprint density at radius 1 is 1.50 bits per heavy atom. The summed E-state index contributed by atoms with van der Waals surface area (Å²) in [6, 6.07) is 4.13. The highest BCUT2D eigenvalue weighted by Crippen LogP contribution is 2.33. The molecule has 2 aromatic rings. The maximum Gasteiger partial charge on any atom is 0.263 e. The highest BCUT2D eigenvalue weighted by Gasteiger charge is 2.32. The number of hydrogen-bond acceptors (Lipinski definition) is 5. The number of amides is 1. The lowest BCUT2D eigenvalue weighted by atomic mass is 10.2. The Morgan fingerprint density at radius 2 is 2.23 bits per heavy atom. The lowest BCUT2D eigenvalue weighted by Crippen LogP contribution is -2.41. The molecule has 1 fully saturated rings. The number of nitrogens with zero attached hydrogens (tertiary/aromatic N) is 1. The van der Waals surface area contributed by atoms with Gasteiger partial charge >= 0.3 is 0 Å². The molecule has 3 N–H and O–H groups in total. The zero-order valence-electron chi connectivity index (χ0n) is 12.1. The molecule has 0 saturated heterocycles. The monoisotopic (exact) mass is 379 g/mol. The van der Waals surface area contributed by atoms with Crippen molar-refractivity contribution in [3.8, 4) is 9.88 Å². The molecule has 1 saturated carbocycles. The first-order valence-electron chi connectivity index (χ1n) is 6.71. The number of aryl methyl sites for hydroxylation is 1. The van der Waals surface area contributed by atoms with Gasteiger partial charge in [-0.1, -0.05) is 6.07 Å². The van der Waals surface area contributed by atoms with Gasteiger partial charge in [-0.05, 0) is 37.1 Å². The lowest BCUT2D eigenvalue weighted by molar-refractivity contribution is 0.0937. The van der Waals surface area contributed by atoms with Gasteiger partial charge in [0.1, 0.15) is 9.88 Å². The van der Waals surface area contributed by atoms with E-state index in [4.69, 9.17) is 5.73 Å². The fourth-order valence-electron chi connectivity index (χ4n) is 2.21. The number of thiophene rings is 1. The van der Waals surface area contributed by atoms with Crippen LogP contribution in [0.4, 0.5) is 0 Å². The minimum absolute atomic E-state index is 0. The summed E-state index contributed by atoms with van der Waals surface area (Å²) in [5.41, 5.74) is 6.53. The summed E-state index contributed by atoms with van der Waals surface area (Å²) >= 11 is 3.10. The highest BCUT2D eigenvalue weighted by molar-refractivity contribution is 7.22. The molecule has 122 valence electrons. The van der Waals surface area contributed by atoms with Crippen molar-refractivity contribution < 1.29 is 4.79 Å². The van der Waals surface area contributed by atoms with Gasteiger partial charge in [-0.2, -0.15) is 0 Å². The average molecular weight is 380 g/mol. The number of halogens is 2. The number of aromatic nitrogens is 1. The number of nitrogens with one attached hydrogen (secondary N) is 1. The normalized spacial score (nSPS) is 14.6. The van der Waals surface area contributed by atoms with Crippen LogP contribution in [0.5, 0.6) is 0 Å². The molecule has 0 aliphatic heterocycles. The van der Waals surface area contributed by atoms with E-state index >= 15 is 0 Å².